The summed E-state index contributed by atoms with van der Waals surface area (Å²) in [5.41, 5.74) is 1.68. The molecule has 1 saturated heterocycles. The molecule has 2 aromatic carbocycles. The molecule has 146 valence electrons. The summed E-state index contributed by atoms with van der Waals surface area (Å²) >= 11 is 0. The summed E-state index contributed by atoms with van der Waals surface area (Å²) in [5, 5.41) is 12.1. The Labute approximate surface area is 162 Å². The van der Waals surface area contributed by atoms with Crippen LogP contribution in [0.5, 0.6) is 0 Å². The van der Waals surface area contributed by atoms with Crippen molar-refractivity contribution < 1.29 is 24.2 Å². The minimum atomic E-state index is -1.13. The molecule has 28 heavy (non-hydrogen) atoms. The Kier molecular flexibility index (Phi) is 6.39. The predicted molar refractivity (Wildman–Crippen MR) is 101 cm³/mol. The summed E-state index contributed by atoms with van der Waals surface area (Å²) in [6.45, 7) is 0.197. The van der Waals surface area contributed by atoms with Crippen LogP contribution in [-0.4, -0.2) is 53.1 Å². The third-order valence-electron chi connectivity index (χ3n) is 4.59. The number of carboxylic acid groups (broad SMARTS) is 1. The first-order valence-electron chi connectivity index (χ1n) is 9.03. The summed E-state index contributed by atoms with van der Waals surface area (Å²) in [6, 6.07) is 16.4. The van der Waals surface area contributed by atoms with Crippen LogP contribution in [0, 0.1) is 0 Å². The Bertz CT molecular complexity index is 825. The monoisotopic (exact) mass is 382 g/mol. The van der Waals surface area contributed by atoms with Crippen LogP contribution in [0.2, 0.25) is 0 Å². The second-order valence-corrected chi connectivity index (χ2v) is 6.63. The molecule has 2 N–H and O–H groups in total. The van der Waals surface area contributed by atoms with E-state index < -0.39 is 24.0 Å². The van der Waals surface area contributed by atoms with E-state index in [-0.39, 0.29) is 32.1 Å². The Hall–Kier alpha value is -3.19. The molecule has 2 atom stereocenters. The first kappa shape index (κ1) is 19.6. The normalized spacial score (nSPS) is 17.8. The second-order valence-electron chi connectivity index (χ2n) is 6.63. The first-order chi connectivity index (χ1) is 13.5. The van der Waals surface area contributed by atoms with Crippen molar-refractivity contribution in [1.82, 2.24) is 10.2 Å². The Balaban J connectivity index is 1.72. The SMILES string of the molecule is O=C(O)C(Cc1ccccc1)NC(=O)C1COCC(=O)N1Cc1ccccc1. The van der Waals surface area contributed by atoms with Gasteiger partial charge in [0, 0.05) is 13.0 Å². The molecule has 2 amide bonds. The van der Waals surface area contributed by atoms with Gasteiger partial charge in [0.1, 0.15) is 18.7 Å². The highest BCUT2D eigenvalue weighted by atomic mass is 16.5. The maximum Gasteiger partial charge on any atom is 0.326 e. The number of aliphatic carboxylic acids is 1. The average Bonchev–Trinajstić information content (AvgIpc) is 2.70. The van der Waals surface area contributed by atoms with E-state index in [4.69, 9.17) is 4.74 Å². The van der Waals surface area contributed by atoms with Crippen molar-refractivity contribution in [2.24, 2.45) is 0 Å². The van der Waals surface area contributed by atoms with Crippen LogP contribution in [0.3, 0.4) is 0 Å². The fraction of sp³-hybridized carbons (Fsp3) is 0.286. The number of hydrogen-bond acceptors (Lipinski definition) is 4. The molecule has 1 aliphatic rings. The summed E-state index contributed by atoms with van der Waals surface area (Å²) in [5.74, 6) is -1.97. The minimum Gasteiger partial charge on any atom is -0.480 e. The van der Waals surface area contributed by atoms with Crippen LogP contribution in [-0.2, 0) is 32.1 Å². The molecule has 0 spiro atoms. The number of carbonyl (C=O) groups excluding carboxylic acids is 2. The number of hydrogen-bond donors (Lipinski definition) is 2. The van der Waals surface area contributed by atoms with E-state index in [0.29, 0.717) is 0 Å². The lowest BCUT2D eigenvalue weighted by atomic mass is 10.1. The minimum absolute atomic E-state index is 0.0298. The number of nitrogens with one attached hydrogen (secondary N) is 1. The third-order valence-corrected chi connectivity index (χ3v) is 4.59. The molecule has 7 nitrogen and oxygen atoms in total. The molecule has 7 heteroatoms. The van der Waals surface area contributed by atoms with E-state index in [9.17, 15) is 19.5 Å². The Morgan fingerprint density at radius 1 is 1.07 bits per heavy atom. The van der Waals surface area contributed by atoms with Crippen molar-refractivity contribution in [2.45, 2.75) is 25.0 Å². The van der Waals surface area contributed by atoms with Crippen molar-refractivity contribution in [3.63, 3.8) is 0 Å². The van der Waals surface area contributed by atoms with Gasteiger partial charge in [0.2, 0.25) is 11.8 Å². The zero-order chi connectivity index (χ0) is 19.9. The van der Waals surface area contributed by atoms with Crippen molar-refractivity contribution in [2.75, 3.05) is 13.2 Å². The van der Waals surface area contributed by atoms with E-state index in [1.165, 1.54) is 4.90 Å². The molecule has 0 bridgehead atoms. The number of rotatable bonds is 7. The second kappa shape index (κ2) is 9.14. The van der Waals surface area contributed by atoms with Crippen LogP contribution < -0.4 is 5.32 Å². The number of nitrogens with zero attached hydrogens (tertiary/aromatic N) is 1. The highest BCUT2D eigenvalue weighted by molar-refractivity contribution is 5.91. The van der Waals surface area contributed by atoms with Gasteiger partial charge in [-0.25, -0.2) is 4.79 Å². The molecule has 2 unspecified atom stereocenters. The van der Waals surface area contributed by atoms with Gasteiger partial charge in [0.25, 0.3) is 0 Å². The standard InChI is InChI=1S/C21H22N2O5/c24-19-14-28-13-18(23(19)12-16-9-5-2-6-10-16)20(25)22-17(21(26)27)11-15-7-3-1-4-8-15/h1-10,17-18H,11-14H2,(H,22,25)(H,26,27). The van der Waals surface area contributed by atoms with E-state index >= 15 is 0 Å². The van der Waals surface area contributed by atoms with Crippen LogP contribution >= 0.6 is 0 Å². The van der Waals surface area contributed by atoms with Crippen molar-refractivity contribution >= 4 is 17.8 Å². The number of carboxylic acids is 1. The van der Waals surface area contributed by atoms with Crippen LogP contribution in [0.15, 0.2) is 60.7 Å². The van der Waals surface area contributed by atoms with Gasteiger partial charge in [0.05, 0.1) is 6.61 Å². The zero-order valence-corrected chi connectivity index (χ0v) is 15.3. The molecule has 1 aliphatic heterocycles. The largest absolute Gasteiger partial charge is 0.480 e. The molecular weight excluding hydrogens is 360 g/mol. The maximum atomic E-state index is 12.8. The van der Waals surface area contributed by atoms with Gasteiger partial charge in [-0.15, -0.1) is 0 Å². The van der Waals surface area contributed by atoms with E-state index in [1.54, 1.807) is 12.1 Å². The third kappa shape index (κ3) is 4.95. The molecule has 0 saturated carbocycles. The fourth-order valence-electron chi connectivity index (χ4n) is 3.12. The van der Waals surface area contributed by atoms with Gasteiger partial charge in [-0.3, -0.25) is 9.59 Å². The quantitative estimate of drug-likeness (QED) is 0.751. The van der Waals surface area contributed by atoms with E-state index in [0.717, 1.165) is 11.1 Å². The molecule has 0 aliphatic carbocycles. The van der Waals surface area contributed by atoms with Crippen LogP contribution in [0.4, 0.5) is 0 Å². The van der Waals surface area contributed by atoms with Crippen molar-refractivity contribution in [3.8, 4) is 0 Å². The molecule has 2 aromatic rings. The van der Waals surface area contributed by atoms with Crippen molar-refractivity contribution in [1.29, 1.82) is 0 Å². The average molecular weight is 382 g/mol. The maximum absolute atomic E-state index is 12.8. The smallest absolute Gasteiger partial charge is 0.326 e. The molecule has 3 rings (SSSR count). The Morgan fingerprint density at radius 2 is 1.68 bits per heavy atom. The van der Waals surface area contributed by atoms with Crippen LogP contribution in [0.25, 0.3) is 0 Å². The highest BCUT2D eigenvalue weighted by Gasteiger charge is 2.35. The molecule has 0 aromatic heterocycles. The number of carbonyl (C=O) groups is 3. The zero-order valence-electron chi connectivity index (χ0n) is 15.3. The van der Waals surface area contributed by atoms with E-state index in [1.807, 2.05) is 48.5 Å². The lowest BCUT2D eigenvalue weighted by Crippen LogP contribution is -2.58. The van der Waals surface area contributed by atoms with Crippen LogP contribution in [0.1, 0.15) is 11.1 Å². The van der Waals surface area contributed by atoms with Crippen molar-refractivity contribution in [3.05, 3.63) is 71.8 Å². The lowest BCUT2D eigenvalue weighted by molar-refractivity contribution is -0.156. The summed E-state index contributed by atoms with van der Waals surface area (Å²) in [7, 11) is 0. The van der Waals surface area contributed by atoms with Gasteiger partial charge >= 0.3 is 5.97 Å². The number of ether oxygens (including phenoxy) is 1. The summed E-state index contributed by atoms with van der Waals surface area (Å²) in [6.07, 6.45) is 0.155. The topological polar surface area (TPSA) is 95.9 Å². The Morgan fingerprint density at radius 3 is 2.29 bits per heavy atom. The summed E-state index contributed by atoms with van der Waals surface area (Å²) in [4.78, 5) is 38.2. The lowest BCUT2D eigenvalue weighted by Gasteiger charge is -2.35. The van der Waals surface area contributed by atoms with Gasteiger partial charge in [-0.1, -0.05) is 60.7 Å². The first-order valence-corrected chi connectivity index (χ1v) is 9.03. The van der Waals surface area contributed by atoms with Gasteiger partial charge in [0.15, 0.2) is 0 Å². The molecule has 1 heterocycles. The molecular formula is C21H22N2O5. The van der Waals surface area contributed by atoms with E-state index in [2.05, 4.69) is 5.32 Å². The number of benzene rings is 2. The number of amides is 2. The van der Waals surface area contributed by atoms with Gasteiger partial charge in [-0.2, -0.15) is 0 Å². The van der Waals surface area contributed by atoms with Gasteiger partial charge < -0.3 is 20.1 Å². The fourth-order valence-corrected chi connectivity index (χ4v) is 3.12. The molecule has 1 fully saturated rings. The summed E-state index contributed by atoms with van der Waals surface area (Å²) < 4.78 is 5.24. The number of morpholine rings is 1. The molecule has 0 radical (unpaired) electrons. The van der Waals surface area contributed by atoms with Gasteiger partial charge in [-0.05, 0) is 11.1 Å². The predicted octanol–water partition coefficient (Wildman–Crippen LogP) is 1.23. The highest BCUT2D eigenvalue weighted by Crippen LogP contribution is 2.14.